The largest absolute Gasteiger partial charge is 0.452 e. The van der Waals surface area contributed by atoms with E-state index in [0.29, 0.717) is 22.3 Å². The predicted molar refractivity (Wildman–Crippen MR) is 142 cm³/mol. The standard InChI is InChI=1S/C30H30N2O2/c1-3-5-18-32(19-6-4-2)22-16-17-25-26(20-22)34-30-27(21-12-8-7-9-13-21)29(33)24-15-11-10-14-23(24)28(30)31-25/h7-17,20H,3-6,18-19H2,1-2H3. The molecule has 0 saturated heterocycles. The number of anilines is 1. The van der Waals surface area contributed by atoms with E-state index in [9.17, 15) is 4.79 Å². The SMILES string of the molecule is CCCCN(CCCC)c1ccc2nc3c4ccccc4c(=O)c(-c4ccccc4)c-3oc2c1. The summed E-state index contributed by atoms with van der Waals surface area (Å²) in [6, 6.07) is 23.7. The van der Waals surface area contributed by atoms with Crippen molar-refractivity contribution in [2.75, 3.05) is 18.0 Å². The van der Waals surface area contributed by atoms with E-state index in [-0.39, 0.29) is 5.43 Å². The average Bonchev–Trinajstić information content (AvgIpc) is 2.88. The van der Waals surface area contributed by atoms with Crippen LogP contribution >= 0.6 is 0 Å². The summed E-state index contributed by atoms with van der Waals surface area (Å²) in [5, 5.41) is 1.49. The van der Waals surface area contributed by atoms with Crippen LogP contribution in [0.4, 0.5) is 5.69 Å². The van der Waals surface area contributed by atoms with Crippen molar-refractivity contribution >= 4 is 27.6 Å². The molecule has 0 N–H and O–H groups in total. The van der Waals surface area contributed by atoms with E-state index >= 15 is 0 Å². The van der Waals surface area contributed by atoms with Crippen molar-refractivity contribution in [3.63, 3.8) is 0 Å². The van der Waals surface area contributed by atoms with Crippen LogP contribution in [0, 0.1) is 0 Å². The van der Waals surface area contributed by atoms with E-state index in [1.807, 2.05) is 60.7 Å². The maximum absolute atomic E-state index is 13.6. The Labute approximate surface area is 200 Å². The van der Waals surface area contributed by atoms with Crippen molar-refractivity contribution in [3.05, 3.63) is 83.0 Å². The zero-order valence-corrected chi connectivity index (χ0v) is 19.9. The Morgan fingerprint density at radius 2 is 1.50 bits per heavy atom. The summed E-state index contributed by atoms with van der Waals surface area (Å²) in [4.78, 5) is 21.0. The lowest BCUT2D eigenvalue weighted by atomic mass is 9.95. The van der Waals surface area contributed by atoms with Crippen LogP contribution in [-0.2, 0) is 0 Å². The fraction of sp³-hybridized carbons (Fsp3) is 0.267. The van der Waals surface area contributed by atoms with Crippen LogP contribution in [-0.4, -0.2) is 18.1 Å². The van der Waals surface area contributed by atoms with E-state index in [4.69, 9.17) is 9.40 Å². The van der Waals surface area contributed by atoms with Gasteiger partial charge < -0.3 is 9.32 Å². The summed E-state index contributed by atoms with van der Waals surface area (Å²) in [6.07, 6.45) is 4.62. The van der Waals surface area contributed by atoms with E-state index in [1.54, 1.807) is 0 Å². The molecule has 1 aliphatic heterocycles. The smallest absolute Gasteiger partial charge is 0.198 e. The van der Waals surface area contributed by atoms with Gasteiger partial charge in [-0.2, -0.15) is 0 Å². The lowest BCUT2D eigenvalue weighted by molar-refractivity contribution is 0.614. The number of rotatable bonds is 8. The zero-order chi connectivity index (χ0) is 23.5. The summed E-state index contributed by atoms with van der Waals surface area (Å²) in [5.41, 5.74) is 4.76. The number of hydrogen-bond acceptors (Lipinski definition) is 4. The second kappa shape index (κ2) is 9.68. The first-order chi connectivity index (χ1) is 16.7. The third-order valence-electron chi connectivity index (χ3n) is 6.47. The fourth-order valence-electron chi connectivity index (χ4n) is 4.62. The van der Waals surface area contributed by atoms with Crippen LogP contribution in [0.2, 0.25) is 0 Å². The van der Waals surface area contributed by atoms with Crippen molar-refractivity contribution in [1.82, 2.24) is 4.98 Å². The van der Waals surface area contributed by atoms with E-state index in [2.05, 4.69) is 30.9 Å². The maximum atomic E-state index is 13.6. The van der Waals surface area contributed by atoms with Gasteiger partial charge in [-0.15, -0.1) is 0 Å². The van der Waals surface area contributed by atoms with Crippen molar-refractivity contribution in [1.29, 1.82) is 0 Å². The van der Waals surface area contributed by atoms with Gasteiger partial charge in [0.2, 0.25) is 0 Å². The molecule has 0 bridgehead atoms. The van der Waals surface area contributed by atoms with Crippen LogP contribution in [0.1, 0.15) is 39.5 Å². The van der Waals surface area contributed by atoms with Gasteiger partial charge in [-0.3, -0.25) is 4.79 Å². The summed E-state index contributed by atoms with van der Waals surface area (Å²) in [7, 11) is 0. The first-order valence-electron chi connectivity index (χ1n) is 12.3. The molecule has 1 heterocycles. The Bertz CT molecular complexity index is 1450. The molecule has 0 amide bonds. The molecule has 4 nitrogen and oxygen atoms in total. The zero-order valence-electron chi connectivity index (χ0n) is 19.9. The Morgan fingerprint density at radius 3 is 2.21 bits per heavy atom. The highest BCUT2D eigenvalue weighted by atomic mass is 16.3. The number of nitrogens with zero attached hydrogens (tertiary/aromatic N) is 2. The van der Waals surface area contributed by atoms with Gasteiger partial charge in [0, 0.05) is 35.6 Å². The molecule has 0 saturated carbocycles. The highest BCUT2D eigenvalue weighted by molar-refractivity contribution is 6.02. The molecule has 1 aliphatic carbocycles. The summed E-state index contributed by atoms with van der Waals surface area (Å²) in [6.45, 7) is 6.49. The molecule has 34 heavy (non-hydrogen) atoms. The van der Waals surface area contributed by atoms with E-state index < -0.39 is 0 Å². The molecule has 4 heteroatoms. The van der Waals surface area contributed by atoms with Crippen LogP contribution in [0.5, 0.6) is 0 Å². The minimum absolute atomic E-state index is 0.0251. The quantitative estimate of drug-likeness (QED) is 0.181. The van der Waals surface area contributed by atoms with Gasteiger partial charge in [0.15, 0.2) is 16.8 Å². The third-order valence-corrected chi connectivity index (χ3v) is 6.47. The van der Waals surface area contributed by atoms with Crippen molar-refractivity contribution in [2.24, 2.45) is 0 Å². The monoisotopic (exact) mass is 450 g/mol. The van der Waals surface area contributed by atoms with Crippen LogP contribution in [0.25, 0.3) is 44.5 Å². The molecule has 3 aromatic rings. The van der Waals surface area contributed by atoms with Crippen molar-refractivity contribution in [3.8, 4) is 22.6 Å². The van der Waals surface area contributed by atoms with Gasteiger partial charge in [-0.05, 0) is 30.5 Å². The highest BCUT2D eigenvalue weighted by Crippen LogP contribution is 2.38. The predicted octanol–water partition coefficient (Wildman–Crippen LogP) is 7.52. The van der Waals surface area contributed by atoms with Gasteiger partial charge in [0.05, 0.1) is 5.56 Å². The minimum atomic E-state index is -0.0251. The molecule has 0 unspecified atom stereocenters. The molecule has 0 radical (unpaired) electrons. The van der Waals surface area contributed by atoms with E-state index in [0.717, 1.165) is 66.6 Å². The second-order valence-electron chi connectivity index (χ2n) is 8.85. The van der Waals surface area contributed by atoms with Gasteiger partial charge in [-0.1, -0.05) is 81.3 Å². The molecule has 3 aromatic carbocycles. The summed E-state index contributed by atoms with van der Waals surface area (Å²) < 4.78 is 6.53. The Hall–Kier alpha value is -3.66. The molecule has 172 valence electrons. The third kappa shape index (κ3) is 4.05. The molecule has 2 aliphatic rings. The fourth-order valence-corrected chi connectivity index (χ4v) is 4.62. The molecule has 5 rings (SSSR count). The summed E-state index contributed by atoms with van der Waals surface area (Å²) >= 11 is 0. The normalized spacial score (nSPS) is 11.5. The van der Waals surface area contributed by atoms with Crippen LogP contribution in [0.15, 0.2) is 82.0 Å². The Morgan fingerprint density at radius 1 is 0.824 bits per heavy atom. The minimum Gasteiger partial charge on any atom is -0.452 e. The second-order valence-corrected chi connectivity index (χ2v) is 8.85. The molecular formula is C30H30N2O2. The molecule has 0 atom stereocenters. The summed E-state index contributed by atoms with van der Waals surface area (Å²) in [5.74, 6) is 0.549. The van der Waals surface area contributed by atoms with Crippen LogP contribution in [0.3, 0.4) is 0 Å². The average molecular weight is 451 g/mol. The topological polar surface area (TPSA) is 46.3 Å². The number of aromatic nitrogens is 1. The number of benzene rings is 4. The Balaban J connectivity index is 1.76. The first-order valence-corrected chi connectivity index (χ1v) is 12.3. The first kappa shape index (κ1) is 22.1. The lowest BCUT2D eigenvalue weighted by Crippen LogP contribution is -2.25. The van der Waals surface area contributed by atoms with Crippen molar-refractivity contribution in [2.45, 2.75) is 39.5 Å². The number of unbranched alkanes of at least 4 members (excludes halogenated alkanes) is 2. The van der Waals surface area contributed by atoms with Crippen LogP contribution < -0.4 is 10.3 Å². The van der Waals surface area contributed by atoms with Gasteiger partial charge in [0.25, 0.3) is 0 Å². The number of fused-ring (bicyclic) bond motifs is 4. The maximum Gasteiger partial charge on any atom is 0.198 e. The molecule has 0 spiro atoms. The van der Waals surface area contributed by atoms with Crippen molar-refractivity contribution < 1.29 is 4.42 Å². The molecule has 0 aromatic heterocycles. The lowest BCUT2D eigenvalue weighted by Gasteiger charge is -2.25. The number of hydrogen-bond donors (Lipinski definition) is 0. The van der Waals surface area contributed by atoms with Gasteiger partial charge in [0.1, 0.15) is 11.2 Å². The van der Waals surface area contributed by atoms with Gasteiger partial charge in [-0.25, -0.2) is 4.98 Å². The Kier molecular flexibility index (Phi) is 6.31. The van der Waals surface area contributed by atoms with Gasteiger partial charge >= 0.3 is 0 Å². The molecular weight excluding hydrogens is 420 g/mol. The molecule has 0 fully saturated rings. The highest BCUT2D eigenvalue weighted by Gasteiger charge is 2.23. The van der Waals surface area contributed by atoms with E-state index in [1.165, 1.54) is 0 Å².